The lowest BCUT2D eigenvalue weighted by Crippen LogP contribution is -2.24. The molecule has 25 heavy (non-hydrogen) atoms. The van der Waals surface area contributed by atoms with Crippen LogP contribution in [0.5, 0.6) is 5.75 Å². The van der Waals surface area contributed by atoms with Crippen LogP contribution < -0.4 is 4.74 Å². The van der Waals surface area contributed by atoms with Crippen molar-refractivity contribution in [1.82, 2.24) is 0 Å². The van der Waals surface area contributed by atoms with Gasteiger partial charge in [0.2, 0.25) is 0 Å². The highest BCUT2D eigenvalue weighted by Gasteiger charge is 2.15. The average molecular weight is 340 g/mol. The summed E-state index contributed by atoms with van der Waals surface area (Å²) in [5.41, 5.74) is 0. The van der Waals surface area contributed by atoms with Gasteiger partial charge in [-0.15, -0.1) is 0 Å². The minimum atomic E-state index is -1.04. The summed E-state index contributed by atoms with van der Waals surface area (Å²) in [7, 11) is 0. The predicted octanol–water partition coefficient (Wildman–Crippen LogP) is 3.60. The van der Waals surface area contributed by atoms with Gasteiger partial charge in [0.1, 0.15) is 30.9 Å². The zero-order valence-electron chi connectivity index (χ0n) is 13.4. The third-order valence-corrected chi connectivity index (χ3v) is 3.79. The lowest BCUT2D eigenvalue weighted by molar-refractivity contribution is -0.141. The fourth-order valence-corrected chi connectivity index (χ4v) is 2.65. The van der Waals surface area contributed by atoms with Crippen molar-refractivity contribution < 1.29 is 23.8 Å². The number of ether oxygens (including phenoxy) is 2. The Morgan fingerprint density at radius 1 is 1.16 bits per heavy atom. The molecule has 0 spiro atoms. The molecule has 0 aliphatic carbocycles. The van der Waals surface area contributed by atoms with Crippen LogP contribution >= 0.6 is 0 Å². The van der Waals surface area contributed by atoms with Crippen LogP contribution in [0.2, 0.25) is 0 Å². The average Bonchev–Trinajstić information content (AvgIpc) is 2.63. The first-order chi connectivity index (χ1) is 12.1. The van der Waals surface area contributed by atoms with E-state index in [0.29, 0.717) is 16.5 Å². The standard InChI is InChI=1S/C20H17FO4/c1-2-18(23)24-11-15(22)12-25-20-16-8-4-3-6-13(16)10-14-7-5-9-17(21)19(14)20/h2-10,15,22H,1,11-12H2. The molecule has 0 saturated heterocycles. The van der Waals surface area contributed by atoms with E-state index in [9.17, 15) is 14.3 Å². The van der Waals surface area contributed by atoms with E-state index in [0.717, 1.165) is 16.8 Å². The molecule has 3 aromatic rings. The molecule has 0 fully saturated rings. The Balaban J connectivity index is 1.93. The molecule has 3 aromatic carbocycles. The van der Waals surface area contributed by atoms with Gasteiger partial charge < -0.3 is 14.6 Å². The maximum absolute atomic E-state index is 14.4. The van der Waals surface area contributed by atoms with Crippen LogP contribution in [-0.4, -0.2) is 30.4 Å². The topological polar surface area (TPSA) is 55.8 Å². The zero-order valence-corrected chi connectivity index (χ0v) is 13.4. The predicted molar refractivity (Wildman–Crippen MR) is 94.1 cm³/mol. The molecule has 0 aliphatic heterocycles. The molecular formula is C20H17FO4. The fraction of sp³-hybridized carbons (Fsp3) is 0.150. The number of hydrogen-bond acceptors (Lipinski definition) is 4. The van der Waals surface area contributed by atoms with Crippen LogP contribution in [0.25, 0.3) is 21.5 Å². The third-order valence-electron chi connectivity index (χ3n) is 3.79. The quantitative estimate of drug-likeness (QED) is 0.423. The number of carbonyl (C=O) groups is 1. The summed E-state index contributed by atoms with van der Waals surface area (Å²) in [6, 6.07) is 14.2. The third kappa shape index (κ3) is 3.61. The van der Waals surface area contributed by atoms with Gasteiger partial charge >= 0.3 is 5.97 Å². The number of hydrogen-bond donors (Lipinski definition) is 1. The largest absolute Gasteiger partial charge is 0.489 e. The SMILES string of the molecule is C=CC(=O)OCC(O)COc1c2ccccc2cc2cccc(F)c12. The van der Waals surface area contributed by atoms with E-state index in [1.807, 2.05) is 30.3 Å². The number of benzene rings is 3. The van der Waals surface area contributed by atoms with E-state index in [4.69, 9.17) is 9.47 Å². The smallest absolute Gasteiger partial charge is 0.330 e. The highest BCUT2D eigenvalue weighted by Crippen LogP contribution is 2.36. The van der Waals surface area contributed by atoms with Crippen molar-refractivity contribution in [3.8, 4) is 5.75 Å². The Hall–Kier alpha value is -2.92. The molecule has 0 saturated carbocycles. The Bertz CT molecular complexity index is 936. The number of fused-ring (bicyclic) bond motifs is 2. The normalized spacial score (nSPS) is 12.1. The van der Waals surface area contributed by atoms with Gasteiger partial charge in [-0.2, -0.15) is 0 Å². The summed E-state index contributed by atoms with van der Waals surface area (Å²) in [5, 5.41) is 12.7. The Morgan fingerprint density at radius 2 is 1.92 bits per heavy atom. The monoisotopic (exact) mass is 340 g/mol. The van der Waals surface area contributed by atoms with Gasteiger partial charge in [0.25, 0.3) is 0 Å². The summed E-state index contributed by atoms with van der Waals surface area (Å²) >= 11 is 0. The molecule has 0 radical (unpaired) electrons. The highest BCUT2D eigenvalue weighted by molar-refractivity contribution is 6.05. The fourth-order valence-electron chi connectivity index (χ4n) is 2.65. The number of aliphatic hydroxyl groups is 1. The molecule has 5 heteroatoms. The van der Waals surface area contributed by atoms with Gasteiger partial charge in [0.05, 0.1) is 5.39 Å². The summed E-state index contributed by atoms with van der Waals surface area (Å²) in [5.74, 6) is -0.660. The first kappa shape index (κ1) is 16.9. The molecule has 0 heterocycles. The first-order valence-corrected chi connectivity index (χ1v) is 7.80. The summed E-state index contributed by atoms with van der Waals surface area (Å²) in [6.45, 7) is 2.92. The van der Waals surface area contributed by atoms with Crippen molar-refractivity contribution in [2.24, 2.45) is 0 Å². The minimum absolute atomic E-state index is 0.137. The molecule has 0 amide bonds. The molecular weight excluding hydrogens is 323 g/mol. The molecule has 128 valence electrons. The van der Waals surface area contributed by atoms with Crippen molar-refractivity contribution in [3.05, 3.63) is 67.0 Å². The van der Waals surface area contributed by atoms with Gasteiger partial charge in [0.15, 0.2) is 0 Å². The summed E-state index contributed by atoms with van der Waals surface area (Å²) < 4.78 is 24.9. The molecule has 1 unspecified atom stereocenters. The van der Waals surface area contributed by atoms with Crippen molar-refractivity contribution in [3.63, 3.8) is 0 Å². The lowest BCUT2D eigenvalue weighted by Gasteiger charge is -2.16. The molecule has 1 N–H and O–H groups in total. The number of rotatable bonds is 6. The van der Waals surface area contributed by atoms with E-state index >= 15 is 0 Å². The second-order valence-corrected chi connectivity index (χ2v) is 5.56. The van der Waals surface area contributed by atoms with Gasteiger partial charge in [0, 0.05) is 11.5 Å². The van der Waals surface area contributed by atoms with Crippen LogP contribution in [0.15, 0.2) is 61.2 Å². The molecule has 1 atom stereocenters. The summed E-state index contributed by atoms with van der Waals surface area (Å²) in [4.78, 5) is 11.0. The number of halogens is 1. The van der Waals surface area contributed by atoms with Gasteiger partial charge in [-0.1, -0.05) is 43.0 Å². The maximum atomic E-state index is 14.4. The van der Waals surface area contributed by atoms with Crippen molar-refractivity contribution >= 4 is 27.5 Å². The Labute approximate surface area is 144 Å². The van der Waals surface area contributed by atoms with Gasteiger partial charge in [-0.3, -0.25) is 0 Å². The maximum Gasteiger partial charge on any atom is 0.330 e. The van der Waals surface area contributed by atoms with E-state index in [-0.39, 0.29) is 13.2 Å². The van der Waals surface area contributed by atoms with Crippen molar-refractivity contribution in [2.75, 3.05) is 13.2 Å². The summed E-state index contributed by atoms with van der Waals surface area (Å²) in [6.07, 6.45) is -0.0223. The van der Waals surface area contributed by atoms with Crippen LogP contribution in [-0.2, 0) is 9.53 Å². The van der Waals surface area contributed by atoms with Gasteiger partial charge in [-0.05, 0) is 22.9 Å². The van der Waals surface area contributed by atoms with E-state index < -0.39 is 17.9 Å². The number of carbonyl (C=O) groups excluding carboxylic acids is 1. The zero-order chi connectivity index (χ0) is 17.8. The molecule has 0 aliphatic rings. The molecule has 0 bridgehead atoms. The second kappa shape index (κ2) is 7.32. The van der Waals surface area contributed by atoms with E-state index in [1.54, 1.807) is 12.1 Å². The Morgan fingerprint density at radius 3 is 2.72 bits per heavy atom. The van der Waals surface area contributed by atoms with Crippen molar-refractivity contribution in [2.45, 2.75) is 6.10 Å². The highest BCUT2D eigenvalue weighted by atomic mass is 19.1. The van der Waals surface area contributed by atoms with Crippen LogP contribution in [0.1, 0.15) is 0 Å². The van der Waals surface area contributed by atoms with Crippen LogP contribution in [0, 0.1) is 5.82 Å². The van der Waals surface area contributed by atoms with E-state index in [2.05, 4.69) is 6.58 Å². The number of esters is 1. The van der Waals surface area contributed by atoms with Crippen molar-refractivity contribution in [1.29, 1.82) is 0 Å². The van der Waals surface area contributed by atoms with Crippen LogP contribution in [0.4, 0.5) is 4.39 Å². The Kier molecular flexibility index (Phi) is 4.95. The second-order valence-electron chi connectivity index (χ2n) is 5.56. The van der Waals surface area contributed by atoms with Crippen LogP contribution in [0.3, 0.4) is 0 Å². The molecule has 4 nitrogen and oxygen atoms in total. The molecule has 3 rings (SSSR count). The van der Waals surface area contributed by atoms with E-state index in [1.165, 1.54) is 6.07 Å². The molecule has 0 aromatic heterocycles. The number of aliphatic hydroxyl groups excluding tert-OH is 1. The first-order valence-electron chi connectivity index (χ1n) is 7.80. The minimum Gasteiger partial charge on any atom is -0.489 e. The lowest BCUT2D eigenvalue weighted by atomic mass is 10.0. The van der Waals surface area contributed by atoms with Gasteiger partial charge in [-0.25, -0.2) is 9.18 Å².